The summed E-state index contributed by atoms with van der Waals surface area (Å²) in [5.41, 5.74) is 2.85. The first kappa shape index (κ1) is 16.0. The van der Waals surface area contributed by atoms with Gasteiger partial charge in [-0.3, -0.25) is 0 Å². The molecule has 0 rings (SSSR count). The molecule has 0 spiro atoms. The van der Waals surface area contributed by atoms with E-state index in [-0.39, 0.29) is 42.0 Å². The quantitative estimate of drug-likeness (QED) is 0.242. The summed E-state index contributed by atoms with van der Waals surface area (Å²) >= 11 is 0. The maximum atomic E-state index is 2.12. The van der Waals surface area contributed by atoms with Gasteiger partial charge >= 0.3 is 29.6 Å². The molecule has 0 fully saturated rings. The largest absolute Gasteiger partial charge is 1.00 e. The Kier molecular flexibility index (Phi) is 16.1. The van der Waals surface area contributed by atoms with Crippen LogP contribution in [0.25, 0.3) is 0 Å². The summed E-state index contributed by atoms with van der Waals surface area (Å²) in [7, 11) is 0. The molecule has 8 heavy (non-hydrogen) atoms. The summed E-state index contributed by atoms with van der Waals surface area (Å²) in [4.78, 5) is 0. The second-order valence-electron chi connectivity index (χ2n) is 2.00. The molecule has 0 saturated carbocycles. The molecule has 44 valence electrons. The number of halogens is 1. The van der Waals surface area contributed by atoms with Gasteiger partial charge in [0.15, 0.2) is 0 Å². The topological polar surface area (TPSA) is 0 Å². The van der Waals surface area contributed by atoms with Crippen LogP contribution in [0.15, 0.2) is 11.1 Å². The summed E-state index contributed by atoms with van der Waals surface area (Å²) in [5.74, 6) is 0. The van der Waals surface area contributed by atoms with Crippen molar-refractivity contribution in [2.75, 3.05) is 0 Å². The maximum Gasteiger partial charge on any atom is 1.00 e. The molecular formula is C6H12ClNa. The van der Waals surface area contributed by atoms with E-state index in [2.05, 4.69) is 27.7 Å². The van der Waals surface area contributed by atoms with Crippen molar-refractivity contribution in [3.63, 3.8) is 0 Å². The van der Waals surface area contributed by atoms with E-state index in [1.807, 2.05) is 0 Å². The first-order valence-corrected chi connectivity index (χ1v) is 2.25. The fourth-order valence-electron chi connectivity index (χ4n) is 0. The molecule has 0 aromatic carbocycles. The Hall–Kier alpha value is 1.03. The minimum atomic E-state index is 0. The molecule has 0 aliphatic carbocycles. The molecule has 2 heteroatoms. The van der Waals surface area contributed by atoms with Gasteiger partial charge in [-0.1, -0.05) is 11.1 Å². The number of allylic oxidation sites excluding steroid dienone is 2. The number of rotatable bonds is 0. The normalized spacial score (nSPS) is 6.00. The van der Waals surface area contributed by atoms with E-state index >= 15 is 0 Å². The van der Waals surface area contributed by atoms with Crippen LogP contribution in [-0.4, -0.2) is 0 Å². The third-order valence-electron chi connectivity index (χ3n) is 1.00. The molecule has 0 nitrogen and oxygen atoms in total. The second kappa shape index (κ2) is 8.03. The summed E-state index contributed by atoms with van der Waals surface area (Å²) in [6.07, 6.45) is 0. The number of hydrogen-bond donors (Lipinski definition) is 0. The zero-order valence-electron chi connectivity index (χ0n) is 6.38. The zero-order chi connectivity index (χ0) is 5.15. The van der Waals surface area contributed by atoms with Crippen molar-refractivity contribution >= 4 is 0 Å². The van der Waals surface area contributed by atoms with Gasteiger partial charge in [0.25, 0.3) is 0 Å². The van der Waals surface area contributed by atoms with Crippen molar-refractivity contribution in [1.82, 2.24) is 0 Å². The fraction of sp³-hybridized carbons (Fsp3) is 0.667. The molecule has 0 aliphatic heterocycles. The van der Waals surface area contributed by atoms with Gasteiger partial charge in [0.05, 0.1) is 0 Å². The van der Waals surface area contributed by atoms with Gasteiger partial charge in [-0.25, -0.2) is 0 Å². The van der Waals surface area contributed by atoms with Gasteiger partial charge in [0.2, 0.25) is 0 Å². The maximum absolute atomic E-state index is 2.12. The number of hydrogen-bond acceptors (Lipinski definition) is 0. The van der Waals surface area contributed by atoms with Crippen molar-refractivity contribution in [3.05, 3.63) is 11.1 Å². The molecule has 0 N–H and O–H groups in total. The zero-order valence-corrected chi connectivity index (χ0v) is 9.13. The van der Waals surface area contributed by atoms with E-state index in [4.69, 9.17) is 0 Å². The smallest absolute Gasteiger partial charge is 1.00 e. The van der Waals surface area contributed by atoms with E-state index in [1.165, 1.54) is 11.1 Å². The average Bonchev–Trinajstić information content (AvgIpc) is 1.36. The molecule has 0 bridgehead atoms. The summed E-state index contributed by atoms with van der Waals surface area (Å²) < 4.78 is 0. The average molecular weight is 143 g/mol. The van der Waals surface area contributed by atoms with Crippen LogP contribution in [-0.2, 0) is 0 Å². The van der Waals surface area contributed by atoms with Crippen LogP contribution in [0.3, 0.4) is 0 Å². The van der Waals surface area contributed by atoms with E-state index in [9.17, 15) is 0 Å². The molecule has 0 heterocycles. The third-order valence-corrected chi connectivity index (χ3v) is 1.00. The molecule has 0 aliphatic rings. The van der Waals surface area contributed by atoms with E-state index in [0.717, 1.165) is 0 Å². The van der Waals surface area contributed by atoms with Gasteiger partial charge in [0.1, 0.15) is 0 Å². The minimum absolute atomic E-state index is 0. The Morgan fingerprint density at radius 1 is 0.750 bits per heavy atom. The molecule has 0 radical (unpaired) electrons. The Labute approximate surface area is 80.4 Å². The second-order valence-corrected chi connectivity index (χ2v) is 2.00. The summed E-state index contributed by atoms with van der Waals surface area (Å²) in [6, 6.07) is 0. The summed E-state index contributed by atoms with van der Waals surface area (Å²) in [5, 5.41) is 0. The monoisotopic (exact) mass is 142 g/mol. The van der Waals surface area contributed by atoms with Crippen LogP contribution in [0.5, 0.6) is 0 Å². The molecule has 0 aromatic rings. The Morgan fingerprint density at radius 3 is 0.875 bits per heavy atom. The van der Waals surface area contributed by atoms with Gasteiger partial charge in [0, 0.05) is 0 Å². The molecule has 0 saturated heterocycles. The minimum Gasteiger partial charge on any atom is -1.00 e. The van der Waals surface area contributed by atoms with E-state index < -0.39 is 0 Å². The molecular weight excluding hydrogens is 131 g/mol. The Morgan fingerprint density at radius 2 is 0.875 bits per heavy atom. The predicted octanol–water partition coefficient (Wildman–Crippen LogP) is -3.63. The molecule has 0 aromatic heterocycles. The van der Waals surface area contributed by atoms with Crippen LogP contribution in [0.1, 0.15) is 27.7 Å². The molecule has 0 amide bonds. The van der Waals surface area contributed by atoms with Crippen LogP contribution in [0.4, 0.5) is 0 Å². The van der Waals surface area contributed by atoms with E-state index in [0.29, 0.717) is 0 Å². The Bertz CT molecular complexity index is 58.6. The molecule has 0 atom stereocenters. The third kappa shape index (κ3) is 10.1. The van der Waals surface area contributed by atoms with Gasteiger partial charge < -0.3 is 12.4 Å². The van der Waals surface area contributed by atoms with Gasteiger partial charge in [-0.2, -0.15) is 0 Å². The predicted molar refractivity (Wildman–Crippen MR) is 29.7 cm³/mol. The molecule has 0 unspecified atom stereocenters. The summed E-state index contributed by atoms with van der Waals surface area (Å²) in [6.45, 7) is 8.48. The van der Waals surface area contributed by atoms with Crippen LogP contribution in [0, 0.1) is 0 Å². The SMILES string of the molecule is CC(C)=C(C)C.[Cl-].[Na+]. The van der Waals surface area contributed by atoms with Crippen molar-refractivity contribution in [3.8, 4) is 0 Å². The van der Waals surface area contributed by atoms with Crippen molar-refractivity contribution in [2.45, 2.75) is 27.7 Å². The van der Waals surface area contributed by atoms with Crippen LogP contribution in [0.2, 0.25) is 0 Å². The first-order chi connectivity index (χ1) is 2.64. The first-order valence-electron chi connectivity index (χ1n) is 2.25. The van der Waals surface area contributed by atoms with E-state index in [1.54, 1.807) is 0 Å². The fourth-order valence-corrected chi connectivity index (χ4v) is 0. The van der Waals surface area contributed by atoms with Gasteiger partial charge in [-0.05, 0) is 27.7 Å². The van der Waals surface area contributed by atoms with Crippen LogP contribution >= 0.6 is 0 Å². The standard InChI is InChI=1S/C6H12.ClH.Na/c1-5(2)6(3)4;;/h1-4H3;1H;/q;;+1/p-1. The van der Waals surface area contributed by atoms with Gasteiger partial charge in [-0.15, -0.1) is 0 Å². The van der Waals surface area contributed by atoms with Crippen molar-refractivity contribution in [1.29, 1.82) is 0 Å². The Balaban J connectivity index is -0.000000125. The van der Waals surface area contributed by atoms with Crippen molar-refractivity contribution < 1.29 is 42.0 Å². The van der Waals surface area contributed by atoms with Crippen LogP contribution < -0.4 is 42.0 Å². The van der Waals surface area contributed by atoms with Crippen molar-refractivity contribution in [2.24, 2.45) is 0 Å².